The average Bonchev–Trinajstić information content (AvgIpc) is 2.78. The van der Waals surface area contributed by atoms with Crippen LogP contribution in [0.1, 0.15) is 24.5 Å². The number of hydrogen-bond donors (Lipinski definition) is 1. The molecule has 0 aliphatic heterocycles. The maximum atomic E-state index is 3.47. The van der Waals surface area contributed by atoms with Crippen molar-refractivity contribution in [3.8, 4) is 11.1 Å². The van der Waals surface area contributed by atoms with Gasteiger partial charge in [-0.2, -0.15) is 11.3 Å². The van der Waals surface area contributed by atoms with E-state index in [0.29, 0.717) is 0 Å². The lowest BCUT2D eigenvalue weighted by molar-refractivity contribution is 0.677. The topological polar surface area (TPSA) is 12.0 Å². The van der Waals surface area contributed by atoms with Crippen LogP contribution in [0.2, 0.25) is 0 Å². The molecule has 0 atom stereocenters. The van der Waals surface area contributed by atoms with E-state index in [0.717, 1.165) is 13.1 Å². The van der Waals surface area contributed by atoms with Gasteiger partial charge in [0.25, 0.3) is 0 Å². The van der Waals surface area contributed by atoms with Gasteiger partial charge < -0.3 is 5.32 Å². The molecule has 2 aromatic rings. The van der Waals surface area contributed by atoms with Crippen molar-refractivity contribution in [2.75, 3.05) is 6.54 Å². The molecule has 2 heteroatoms. The summed E-state index contributed by atoms with van der Waals surface area (Å²) in [4.78, 5) is 0. The van der Waals surface area contributed by atoms with Gasteiger partial charge in [-0.3, -0.25) is 0 Å². The molecule has 1 N–H and O–H groups in total. The lowest BCUT2D eigenvalue weighted by Crippen LogP contribution is -2.13. The number of hydrogen-bond acceptors (Lipinski definition) is 2. The smallest absolute Gasteiger partial charge is 0.0219 e. The third kappa shape index (κ3) is 3.18. The summed E-state index contributed by atoms with van der Waals surface area (Å²) in [7, 11) is 0. The molecular weight excluding hydrogens is 226 g/mol. The van der Waals surface area contributed by atoms with Crippen LogP contribution in [-0.4, -0.2) is 6.54 Å². The van der Waals surface area contributed by atoms with E-state index in [9.17, 15) is 0 Å². The zero-order chi connectivity index (χ0) is 12.1. The number of thiophene rings is 1. The van der Waals surface area contributed by atoms with Crippen LogP contribution in [-0.2, 0) is 6.54 Å². The minimum absolute atomic E-state index is 0.973. The van der Waals surface area contributed by atoms with Crippen LogP contribution < -0.4 is 5.32 Å². The average molecular weight is 245 g/mol. The van der Waals surface area contributed by atoms with Crippen LogP contribution in [0.25, 0.3) is 11.1 Å². The third-order valence-corrected chi connectivity index (χ3v) is 3.61. The molecule has 1 nitrogen and oxygen atoms in total. The monoisotopic (exact) mass is 245 g/mol. The summed E-state index contributed by atoms with van der Waals surface area (Å²) >= 11 is 1.78. The standard InChI is InChI=1S/C15H19NS/c1-3-7-16-9-14-10-17-11-15(14)13-6-4-5-12(2)8-13/h4-6,8,10-11,16H,3,7,9H2,1-2H3. The second-order valence-electron chi connectivity index (χ2n) is 4.36. The maximum Gasteiger partial charge on any atom is 0.0219 e. The van der Waals surface area contributed by atoms with Crippen molar-refractivity contribution in [3.05, 3.63) is 46.2 Å². The number of aryl methyl sites for hydroxylation is 1. The van der Waals surface area contributed by atoms with Gasteiger partial charge in [-0.25, -0.2) is 0 Å². The van der Waals surface area contributed by atoms with E-state index in [2.05, 4.69) is 54.2 Å². The summed E-state index contributed by atoms with van der Waals surface area (Å²) in [5.74, 6) is 0. The summed E-state index contributed by atoms with van der Waals surface area (Å²) in [6.07, 6.45) is 1.18. The molecule has 0 aliphatic rings. The van der Waals surface area contributed by atoms with Crippen molar-refractivity contribution < 1.29 is 0 Å². The Morgan fingerprint density at radius 1 is 1.24 bits per heavy atom. The maximum absolute atomic E-state index is 3.47. The normalized spacial score (nSPS) is 10.7. The first-order chi connectivity index (χ1) is 8.31. The fourth-order valence-electron chi connectivity index (χ4n) is 1.93. The fourth-order valence-corrected chi connectivity index (χ4v) is 2.79. The Labute approximate surface area is 108 Å². The van der Waals surface area contributed by atoms with Crippen molar-refractivity contribution in [2.45, 2.75) is 26.8 Å². The molecule has 0 unspecified atom stereocenters. The third-order valence-electron chi connectivity index (χ3n) is 2.81. The van der Waals surface area contributed by atoms with Crippen LogP contribution in [0.4, 0.5) is 0 Å². The lowest BCUT2D eigenvalue weighted by Gasteiger charge is -2.06. The highest BCUT2D eigenvalue weighted by atomic mass is 32.1. The second kappa shape index (κ2) is 5.99. The van der Waals surface area contributed by atoms with Crippen LogP contribution in [0.15, 0.2) is 35.0 Å². The molecule has 0 radical (unpaired) electrons. The first-order valence-electron chi connectivity index (χ1n) is 6.14. The largest absolute Gasteiger partial charge is 0.313 e. The van der Waals surface area contributed by atoms with Crippen LogP contribution in [0.3, 0.4) is 0 Å². The number of rotatable bonds is 5. The van der Waals surface area contributed by atoms with E-state index in [-0.39, 0.29) is 0 Å². The molecule has 1 heterocycles. The van der Waals surface area contributed by atoms with Crippen molar-refractivity contribution in [2.24, 2.45) is 0 Å². The molecular formula is C15H19NS. The Morgan fingerprint density at radius 3 is 2.88 bits per heavy atom. The van der Waals surface area contributed by atoms with E-state index < -0.39 is 0 Å². The molecule has 0 spiro atoms. The fraction of sp³-hybridized carbons (Fsp3) is 0.333. The van der Waals surface area contributed by atoms with E-state index in [1.54, 1.807) is 11.3 Å². The summed E-state index contributed by atoms with van der Waals surface area (Å²) in [6.45, 7) is 6.40. The van der Waals surface area contributed by atoms with Crippen molar-refractivity contribution in [1.29, 1.82) is 0 Å². The number of nitrogens with one attached hydrogen (secondary N) is 1. The molecule has 0 saturated carbocycles. The summed E-state index contributed by atoms with van der Waals surface area (Å²) < 4.78 is 0. The van der Waals surface area contributed by atoms with Crippen molar-refractivity contribution in [3.63, 3.8) is 0 Å². The second-order valence-corrected chi connectivity index (χ2v) is 5.10. The molecule has 0 amide bonds. The van der Waals surface area contributed by atoms with Crippen molar-refractivity contribution in [1.82, 2.24) is 5.32 Å². The molecule has 2 rings (SSSR count). The first-order valence-corrected chi connectivity index (χ1v) is 7.08. The Balaban J connectivity index is 2.18. The van der Waals surface area contributed by atoms with Crippen LogP contribution >= 0.6 is 11.3 Å². The highest BCUT2D eigenvalue weighted by molar-refractivity contribution is 7.08. The minimum atomic E-state index is 0.973. The molecule has 0 saturated heterocycles. The van der Waals surface area contributed by atoms with Gasteiger partial charge in [-0.15, -0.1) is 0 Å². The molecule has 1 aromatic heterocycles. The predicted molar refractivity (Wildman–Crippen MR) is 76.5 cm³/mol. The zero-order valence-corrected chi connectivity index (χ0v) is 11.3. The van der Waals surface area contributed by atoms with Gasteiger partial charge in [-0.1, -0.05) is 36.8 Å². The molecule has 1 aromatic carbocycles. The van der Waals surface area contributed by atoms with E-state index in [1.165, 1.54) is 28.7 Å². The minimum Gasteiger partial charge on any atom is -0.313 e. The molecule has 0 bridgehead atoms. The molecule has 0 fully saturated rings. The van der Waals surface area contributed by atoms with Gasteiger partial charge in [0, 0.05) is 6.54 Å². The Bertz CT molecular complexity index is 473. The Morgan fingerprint density at radius 2 is 2.12 bits per heavy atom. The van der Waals surface area contributed by atoms with Gasteiger partial charge in [0.15, 0.2) is 0 Å². The summed E-state index contributed by atoms with van der Waals surface area (Å²) in [5, 5.41) is 7.97. The van der Waals surface area contributed by atoms with Gasteiger partial charge in [0.2, 0.25) is 0 Å². The highest BCUT2D eigenvalue weighted by Crippen LogP contribution is 2.27. The van der Waals surface area contributed by atoms with E-state index in [1.807, 2.05) is 0 Å². The predicted octanol–water partition coefficient (Wildman–Crippen LogP) is 4.22. The van der Waals surface area contributed by atoms with Gasteiger partial charge in [0.1, 0.15) is 0 Å². The summed E-state index contributed by atoms with van der Waals surface area (Å²) in [5.41, 5.74) is 5.44. The van der Waals surface area contributed by atoms with Gasteiger partial charge >= 0.3 is 0 Å². The SMILES string of the molecule is CCCNCc1cscc1-c1cccc(C)c1. The lowest BCUT2D eigenvalue weighted by atomic mass is 10.0. The quantitative estimate of drug-likeness (QED) is 0.778. The molecule has 17 heavy (non-hydrogen) atoms. The van der Waals surface area contributed by atoms with Gasteiger partial charge in [-0.05, 0) is 47.3 Å². The molecule has 90 valence electrons. The van der Waals surface area contributed by atoms with E-state index in [4.69, 9.17) is 0 Å². The molecule has 0 aliphatic carbocycles. The highest BCUT2D eigenvalue weighted by Gasteiger charge is 2.05. The Hall–Kier alpha value is -1.12. The Kier molecular flexibility index (Phi) is 4.35. The first kappa shape index (κ1) is 12.3. The van der Waals surface area contributed by atoms with E-state index >= 15 is 0 Å². The zero-order valence-electron chi connectivity index (χ0n) is 10.5. The number of benzene rings is 1. The van der Waals surface area contributed by atoms with Crippen LogP contribution in [0.5, 0.6) is 0 Å². The van der Waals surface area contributed by atoms with Crippen molar-refractivity contribution >= 4 is 11.3 Å². The van der Waals surface area contributed by atoms with Gasteiger partial charge in [0.05, 0.1) is 0 Å². The van der Waals surface area contributed by atoms with Crippen LogP contribution in [0, 0.1) is 6.92 Å². The summed E-state index contributed by atoms with van der Waals surface area (Å²) in [6, 6.07) is 8.72.